The zero-order valence-electron chi connectivity index (χ0n) is 14.6. The summed E-state index contributed by atoms with van der Waals surface area (Å²) in [5.41, 5.74) is 1.68. The molecule has 2 aromatic carbocycles. The summed E-state index contributed by atoms with van der Waals surface area (Å²) in [5.74, 6) is -1.11. The van der Waals surface area contributed by atoms with Gasteiger partial charge in [0.05, 0.1) is 28.2 Å². The number of para-hydroxylation sites is 1. The van der Waals surface area contributed by atoms with Gasteiger partial charge in [0.15, 0.2) is 0 Å². The normalized spacial score (nSPS) is 17.2. The number of fused-ring (bicyclic) bond motifs is 1. The molecule has 4 rings (SSSR count). The molecule has 1 fully saturated rings. The Morgan fingerprint density at radius 2 is 2.04 bits per heavy atom. The predicted molar refractivity (Wildman–Crippen MR) is 103 cm³/mol. The molecule has 1 atom stereocenters. The predicted octanol–water partition coefficient (Wildman–Crippen LogP) is 1.20. The molecule has 0 spiro atoms. The number of primary sulfonamides is 1. The van der Waals surface area contributed by atoms with Gasteiger partial charge >= 0.3 is 0 Å². The number of carbonyl (C=O) groups excluding carboxylic acids is 2. The van der Waals surface area contributed by atoms with E-state index in [1.807, 2.05) is 6.07 Å². The number of rotatable bonds is 4. The SMILES string of the molecule is NS(=O)(=O)c1cccc(N2CC(C(=O)Nc3cccc4cn[nH]c34)CC2=O)c1. The van der Waals surface area contributed by atoms with E-state index in [1.165, 1.54) is 23.1 Å². The molecule has 2 heterocycles. The van der Waals surface area contributed by atoms with Crippen LogP contribution in [0, 0.1) is 5.92 Å². The number of hydrogen-bond donors (Lipinski definition) is 3. The number of H-pyrrole nitrogens is 1. The van der Waals surface area contributed by atoms with Gasteiger partial charge in [-0.3, -0.25) is 14.7 Å². The van der Waals surface area contributed by atoms with Gasteiger partial charge in [-0.2, -0.15) is 5.10 Å². The number of anilines is 2. The van der Waals surface area contributed by atoms with Gasteiger partial charge in [0.25, 0.3) is 0 Å². The summed E-state index contributed by atoms with van der Waals surface area (Å²) in [5, 5.41) is 15.7. The van der Waals surface area contributed by atoms with E-state index in [0.29, 0.717) is 16.9 Å². The monoisotopic (exact) mass is 399 g/mol. The zero-order valence-corrected chi connectivity index (χ0v) is 15.4. The molecule has 144 valence electrons. The molecule has 1 saturated heterocycles. The smallest absolute Gasteiger partial charge is 0.238 e. The van der Waals surface area contributed by atoms with Gasteiger partial charge in [-0.1, -0.05) is 18.2 Å². The van der Waals surface area contributed by atoms with Gasteiger partial charge < -0.3 is 10.2 Å². The maximum atomic E-state index is 12.7. The summed E-state index contributed by atoms with van der Waals surface area (Å²) < 4.78 is 23.1. The number of hydrogen-bond acceptors (Lipinski definition) is 5. The summed E-state index contributed by atoms with van der Waals surface area (Å²) >= 11 is 0. The molecule has 9 nitrogen and oxygen atoms in total. The third-order valence-electron chi connectivity index (χ3n) is 4.69. The maximum Gasteiger partial charge on any atom is 0.238 e. The number of aromatic amines is 1. The van der Waals surface area contributed by atoms with E-state index in [-0.39, 0.29) is 29.7 Å². The Bertz CT molecular complexity index is 1190. The Balaban J connectivity index is 1.53. The Kier molecular flexibility index (Phi) is 4.36. The maximum absolute atomic E-state index is 12.7. The van der Waals surface area contributed by atoms with E-state index in [0.717, 1.165) is 5.39 Å². The summed E-state index contributed by atoms with van der Waals surface area (Å²) in [4.78, 5) is 26.4. The van der Waals surface area contributed by atoms with Crippen molar-refractivity contribution in [2.45, 2.75) is 11.3 Å². The lowest BCUT2D eigenvalue weighted by Gasteiger charge is -2.17. The van der Waals surface area contributed by atoms with E-state index in [4.69, 9.17) is 5.14 Å². The summed E-state index contributed by atoms with van der Waals surface area (Å²) in [7, 11) is -3.88. The average Bonchev–Trinajstić information content (AvgIpc) is 3.28. The van der Waals surface area contributed by atoms with Gasteiger partial charge in [0.1, 0.15) is 0 Å². The Hall–Kier alpha value is -3.24. The number of nitrogens with zero attached hydrogens (tertiary/aromatic N) is 2. The highest BCUT2D eigenvalue weighted by Crippen LogP contribution is 2.28. The molecule has 3 aromatic rings. The molecule has 10 heteroatoms. The van der Waals surface area contributed by atoms with Crippen molar-refractivity contribution in [2.75, 3.05) is 16.8 Å². The van der Waals surface area contributed by atoms with Crippen molar-refractivity contribution >= 4 is 44.1 Å². The number of benzene rings is 2. The number of nitrogens with two attached hydrogens (primary N) is 1. The van der Waals surface area contributed by atoms with Crippen LogP contribution in [0.15, 0.2) is 53.6 Å². The first-order chi connectivity index (χ1) is 13.3. The minimum Gasteiger partial charge on any atom is -0.324 e. The van der Waals surface area contributed by atoms with Crippen LogP contribution in [0.4, 0.5) is 11.4 Å². The molecule has 0 aliphatic carbocycles. The van der Waals surface area contributed by atoms with Crippen LogP contribution in [-0.4, -0.2) is 37.0 Å². The molecule has 1 aliphatic heterocycles. The fourth-order valence-corrected chi connectivity index (χ4v) is 3.82. The quantitative estimate of drug-likeness (QED) is 0.605. The summed E-state index contributed by atoms with van der Waals surface area (Å²) in [6.45, 7) is 0.150. The second-order valence-corrected chi connectivity index (χ2v) is 8.14. The lowest BCUT2D eigenvalue weighted by Crippen LogP contribution is -2.28. The van der Waals surface area contributed by atoms with Crippen molar-refractivity contribution < 1.29 is 18.0 Å². The van der Waals surface area contributed by atoms with Crippen LogP contribution in [0.5, 0.6) is 0 Å². The van der Waals surface area contributed by atoms with Crippen LogP contribution in [0.2, 0.25) is 0 Å². The highest BCUT2D eigenvalue weighted by atomic mass is 32.2. The number of carbonyl (C=O) groups is 2. The average molecular weight is 399 g/mol. The third-order valence-corrected chi connectivity index (χ3v) is 5.60. The summed E-state index contributed by atoms with van der Waals surface area (Å²) in [6, 6.07) is 11.2. The van der Waals surface area contributed by atoms with E-state index >= 15 is 0 Å². The summed E-state index contributed by atoms with van der Waals surface area (Å²) in [6.07, 6.45) is 1.69. The van der Waals surface area contributed by atoms with Crippen molar-refractivity contribution in [1.82, 2.24) is 10.2 Å². The molecule has 4 N–H and O–H groups in total. The van der Waals surface area contributed by atoms with Crippen LogP contribution in [0.1, 0.15) is 6.42 Å². The zero-order chi connectivity index (χ0) is 19.9. The Morgan fingerprint density at radius 1 is 1.25 bits per heavy atom. The first kappa shape index (κ1) is 18.1. The minimum absolute atomic E-state index is 0.0321. The molecule has 1 aromatic heterocycles. The van der Waals surface area contributed by atoms with Crippen LogP contribution >= 0.6 is 0 Å². The van der Waals surface area contributed by atoms with Crippen molar-refractivity contribution in [1.29, 1.82) is 0 Å². The van der Waals surface area contributed by atoms with Crippen molar-refractivity contribution in [2.24, 2.45) is 11.1 Å². The van der Waals surface area contributed by atoms with Gasteiger partial charge in [-0.25, -0.2) is 13.6 Å². The Morgan fingerprint density at radius 3 is 2.82 bits per heavy atom. The highest BCUT2D eigenvalue weighted by molar-refractivity contribution is 7.89. The lowest BCUT2D eigenvalue weighted by molar-refractivity contribution is -0.122. The number of amides is 2. The second-order valence-electron chi connectivity index (χ2n) is 6.58. The molecule has 1 unspecified atom stereocenters. The van der Waals surface area contributed by atoms with Crippen LogP contribution < -0.4 is 15.4 Å². The fraction of sp³-hybridized carbons (Fsp3) is 0.167. The molecular formula is C18H17N5O4S. The van der Waals surface area contributed by atoms with E-state index in [9.17, 15) is 18.0 Å². The second kappa shape index (κ2) is 6.73. The van der Waals surface area contributed by atoms with E-state index < -0.39 is 15.9 Å². The molecule has 1 aliphatic rings. The van der Waals surface area contributed by atoms with Gasteiger partial charge in [0.2, 0.25) is 21.8 Å². The van der Waals surface area contributed by atoms with E-state index in [2.05, 4.69) is 15.5 Å². The van der Waals surface area contributed by atoms with Crippen LogP contribution in [0.3, 0.4) is 0 Å². The molecule has 0 bridgehead atoms. The number of aromatic nitrogens is 2. The van der Waals surface area contributed by atoms with Crippen molar-refractivity contribution in [3.8, 4) is 0 Å². The number of nitrogens with one attached hydrogen (secondary N) is 2. The minimum atomic E-state index is -3.88. The lowest BCUT2D eigenvalue weighted by atomic mass is 10.1. The molecular weight excluding hydrogens is 382 g/mol. The Labute approximate surface area is 160 Å². The first-order valence-electron chi connectivity index (χ1n) is 8.49. The molecule has 2 amide bonds. The molecule has 0 saturated carbocycles. The molecule has 28 heavy (non-hydrogen) atoms. The van der Waals surface area contributed by atoms with Gasteiger partial charge in [0, 0.05) is 24.0 Å². The van der Waals surface area contributed by atoms with Gasteiger partial charge in [-0.15, -0.1) is 0 Å². The van der Waals surface area contributed by atoms with Crippen molar-refractivity contribution in [3.63, 3.8) is 0 Å². The standard InChI is InChI=1S/C18H17N5O4S/c19-28(26,27)14-5-2-4-13(8-14)23-10-12(7-16(23)24)18(25)21-15-6-1-3-11-9-20-22-17(11)15/h1-6,8-9,12H,7,10H2,(H,20,22)(H,21,25)(H2,19,26,27). The van der Waals surface area contributed by atoms with Crippen molar-refractivity contribution in [3.05, 3.63) is 48.7 Å². The largest absolute Gasteiger partial charge is 0.324 e. The van der Waals surface area contributed by atoms with Crippen LogP contribution in [0.25, 0.3) is 10.9 Å². The third kappa shape index (κ3) is 3.35. The topological polar surface area (TPSA) is 138 Å². The highest BCUT2D eigenvalue weighted by Gasteiger charge is 2.35. The molecule has 0 radical (unpaired) electrons. The van der Waals surface area contributed by atoms with E-state index in [1.54, 1.807) is 24.4 Å². The number of sulfonamides is 1. The van der Waals surface area contributed by atoms with Crippen LogP contribution in [-0.2, 0) is 19.6 Å². The first-order valence-corrected chi connectivity index (χ1v) is 10.0. The van der Waals surface area contributed by atoms with Gasteiger partial charge in [-0.05, 0) is 24.3 Å². The fourth-order valence-electron chi connectivity index (χ4n) is 3.27.